The summed E-state index contributed by atoms with van der Waals surface area (Å²) in [7, 11) is -3.64. The van der Waals surface area contributed by atoms with Crippen molar-refractivity contribution in [1.29, 1.82) is 0 Å². The van der Waals surface area contributed by atoms with E-state index in [1.165, 1.54) is 35.0 Å². The molecule has 2 amide bonds. The molecule has 1 saturated heterocycles. The van der Waals surface area contributed by atoms with Crippen molar-refractivity contribution in [2.24, 2.45) is 0 Å². The molecule has 2 fully saturated rings. The van der Waals surface area contributed by atoms with Crippen molar-refractivity contribution in [1.82, 2.24) is 9.62 Å². The van der Waals surface area contributed by atoms with Gasteiger partial charge >= 0.3 is 0 Å². The second-order valence-corrected chi connectivity index (χ2v) is 10.6. The second-order valence-electron chi connectivity index (χ2n) is 8.61. The van der Waals surface area contributed by atoms with Crippen molar-refractivity contribution in [3.05, 3.63) is 23.8 Å². The van der Waals surface area contributed by atoms with Gasteiger partial charge in [0, 0.05) is 38.2 Å². The van der Waals surface area contributed by atoms with Crippen molar-refractivity contribution in [2.75, 3.05) is 31.2 Å². The summed E-state index contributed by atoms with van der Waals surface area (Å²) in [5.74, 6) is -0.376. The SMILES string of the molecule is CC(=O)N1c2ccc(S(=O)(=O)N3CCOCC3)cc2C[C@@H]1C(=O)NC1CCCCCC1. The normalized spacial score (nSPS) is 23.3. The molecule has 1 aliphatic carbocycles. The minimum Gasteiger partial charge on any atom is -0.379 e. The van der Waals surface area contributed by atoms with Crippen LogP contribution in [0.1, 0.15) is 51.0 Å². The third-order valence-corrected chi connectivity index (χ3v) is 8.38. The first kappa shape index (κ1) is 22.2. The topological polar surface area (TPSA) is 96.0 Å². The fourth-order valence-corrected chi connectivity index (χ4v) is 6.30. The van der Waals surface area contributed by atoms with Crippen molar-refractivity contribution >= 4 is 27.5 Å². The molecule has 1 N–H and O–H groups in total. The Hall–Kier alpha value is -1.97. The van der Waals surface area contributed by atoms with Crippen molar-refractivity contribution in [2.45, 2.75) is 68.8 Å². The van der Waals surface area contributed by atoms with Crippen LogP contribution in [0.3, 0.4) is 0 Å². The lowest BCUT2D eigenvalue weighted by molar-refractivity contribution is -0.126. The van der Waals surface area contributed by atoms with E-state index in [4.69, 9.17) is 4.74 Å². The molecule has 1 aromatic rings. The number of hydrogen-bond acceptors (Lipinski definition) is 5. The van der Waals surface area contributed by atoms with Crippen LogP contribution in [-0.2, 0) is 30.8 Å². The molecule has 0 unspecified atom stereocenters. The molecule has 3 aliphatic rings. The molecule has 2 aliphatic heterocycles. The van der Waals surface area contributed by atoms with Gasteiger partial charge in [0.1, 0.15) is 6.04 Å². The number of hydrogen-bond donors (Lipinski definition) is 1. The summed E-state index contributed by atoms with van der Waals surface area (Å²) in [5.41, 5.74) is 1.33. The van der Waals surface area contributed by atoms with Gasteiger partial charge in [0.15, 0.2) is 0 Å². The highest BCUT2D eigenvalue weighted by atomic mass is 32.2. The molecule has 4 rings (SSSR count). The molecule has 9 heteroatoms. The Morgan fingerprint density at radius 1 is 1.06 bits per heavy atom. The molecule has 8 nitrogen and oxygen atoms in total. The highest BCUT2D eigenvalue weighted by molar-refractivity contribution is 7.89. The first-order valence-corrected chi connectivity index (χ1v) is 12.6. The largest absolute Gasteiger partial charge is 0.379 e. The van der Waals surface area contributed by atoms with Crippen LogP contribution in [0.2, 0.25) is 0 Å². The van der Waals surface area contributed by atoms with E-state index >= 15 is 0 Å². The molecule has 2 heterocycles. The van der Waals surface area contributed by atoms with Crippen LogP contribution in [0.15, 0.2) is 23.1 Å². The van der Waals surface area contributed by atoms with Crippen LogP contribution in [0, 0.1) is 0 Å². The van der Waals surface area contributed by atoms with Crippen LogP contribution >= 0.6 is 0 Å². The maximum absolute atomic E-state index is 13.1. The van der Waals surface area contributed by atoms with Gasteiger partial charge in [-0.1, -0.05) is 25.7 Å². The molecule has 0 spiro atoms. The zero-order valence-electron chi connectivity index (χ0n) is 18.0. The standard InChI is InChI=1S/C22H31N3O5S/c1-16(26)25-20-9-8-19(31(28,29)24-10-12-30-13-11-24)14-17(20)15-21(25)22(27)23-18-6-4-2-3-5-7-18/h8-9,14,18,21H,2-7,10-13,15H2,1H3,(H,23,27)/t21-/m1/s1. The van der Waals surface area contributed by atoms with E-state index in [9.17, 15) is 18.0 Å². The van der Waals surface area contributed by atoms with Crippen molar-refractivity contribution in [3.8, 4) is 0 Å². The third kappa shape index (κ3) is 4.63. The highest BCUT2D eigenvalue weighted by Gasteiger charge is 2.38. The van der Waals surface area contributed by atoms with E-state index in [1.807, 2.05) is 0 Å². The molecule has 170 valence electrons. The summed E-state index contributed by atoms with van der Waals surface area (Å²) in [6.45, 7) is 2.85. The van der Waals surface area contributed by atoms with Gasteiger partial charge in [0.2, 0.25) is 21.8 Å². The number of carbonyl (C=O) groups is 2. The Bertz CT molecular complexity index is 934. The van der Waals surface area contributed by atoms with Crippen LogP contribution in [0.5, 0.6) is 0 Å². The zero-order chi connectivity index (χ0) is 22.0. The molecule has 0 aromatic heterocycles. The molecule has 1 atom stereocenters. The minimum atomic E-state index is -3.64. The van der Waals surface area contributed by atoms with Gasteiger partial charge in [-0.25, -0.2) is 8.42 Å². The van der Waals surface area contributed by atoms with E-state index in [2.05, 4.69) is 5.32 Å². The number of nitrogens with one attached hydrogen (secondary N) is 1. The lowest BCUT2D eigenvalue weighted by Gasteiger charge is -2.27. The molecule has 1 saturated carbocycles. The third-order valence-electron chi connectivity index (χ3n) is 6.49. The van der Waals surface area contributed by atoms with Crippen LogP contribution in [-0.4, -0.2) is 62.9 Å². The van der Waals surface area contributed by atoms with Gasteiger partial charge in [-0.15, -0.1) is 0 Å². The summed E-state index contributed by atoms with van der Waals surface area (Å²) in [5, 5.41) is 3.14. The van der Waals surface area contributed by atoms with E-state index in [0.717, 1.165) is 25.7 Å². The predicted octanol–water partition coefficient (Wildman–Crippen LogP) is 1.82. The minimum absolute atomic E-state index is 0.143. The van der Waals surface area contributed by atoms with E-state index < -0.39 is 16.1 Å². The Morgan fingerprint density at radius 2 is 1.74 bits per heavy atom. The molecular formula is C22H31N3O5S. The van der Waals surface area contributed by atoms with Crippen LogP contribution in [0.4, 0.5) is 5.69 Å². The number of amides is 2. The van der Waals surface area contributed by atoms with Crippen molar-refractivity contribution in [3.63, 3.8) is 0 Å². The van der Waals surface area contributed by atoms with E-state index in [-0.39, 0.29) is 22.8 Å². The van der Waals surface area contributed by atoms with Gasteiger partial charge in [-0.2, -0.15) is 4.31 Å². The Balaban J connectivity index is 1.55. The molecule has 31 heavy (non-hydrogen) atoms. The van der Waals surface area contributed by atoms with Crippen LogP contribution < -0.4 is 10.2 Å². The monoisotopic (exact) mass is 449 g/mol. The fourth-order valence-electron chi connectivity index (χ4n) is 4.84. The van der Waals surface area contributed by atoms with Crippen molar-refractivity contribution < 1.29 is 22.7 Å². The summed E-state index contributed by atoms with van der Waals surface area (Å²) < 4.78 is 32.7. The Morgan fingerprint density at radius 3 is 2.39 bits per heavy atom. The van der Waals surface area contributed by atoms with Gasteiger partial charge < -0.3 is 10.1 Å². The quantitative estimate of drug-likeness (QED) is 0.708. The summed E-state index contributed by atoms with van der Waals surface area (Å²) >= 11 is 0. The number of benzene rings is 1. The predicted molar refractivity (Wildman–Crippen MR) is 116 cm³/mol. The van der Waals surface area contributed by atoms with Gasteiger partial charge in [-0.05, 0) is 36.6 Å². The maximum Gasteiger partial charge on any atom is 0.243 e. The lowest BCUT2D eigenvalue weighted by Crippen LogP contribution is -2.50. The first-order valence-electron chi connectivity index (χ1n) is 11.2. The summed E-state index contributed by atoms with van der Waals surface area (Å²) in [4.78, 5) is 27.2. The highest BCUT2D eigenvalue weighted by Crippen LogP contribution is 2.35. The number of sulfonamides is 1. The average molecular weight is 450 g/mol. The average Bonchev–Trinajstić information content (AvgIpc) is 2.97. The Labute approximate surface area is 184 Å². The maximum atomic E-state index is 13.1. The number of carbonyl (C=O) groups excluding carboxylic acids is 2. The molecule has 0 radical (unpaired) electrons. The molecule has 0 bridgehead atoms. The number of anilines is 1. The summed E-state index contributed by atoms with van der Waals surface area (Å²) in [6, 6.07) is 4.31. The number of ether oxygens (including phenoxy) is 1. The fraction of sp³-hybridized carbons (Fsp3) is 0.636. The number of morpholine rings is 1. The van der Waals surface area contributed by atoms with E-state index in [0.29, 0.717) is 44.0 Å². The zero-order valence-corrected chi connectivity index (χ0v) is 18.8. The van der Waals surface area contributed by atoms with Gasteiger partial charge in [0.05, 0.1) is 18.1 Å². The van der Waals surface area contributed by atoms with Gasteiger partial charge in [-0.3, -0.25) is 14.5 Å². The second kappa shape index (κ2) is 9.26. The number of rotatable bonds is 4. The Kier molecular flexibility index (Phi) is 6.64. The molecular weight excluding hydrogens is 418 g/mol. The molecule has 1 aromatic carbocycles. The van der Waals surface area contributed by atoms with E-state index in [1.54, 1.807) is 12.1 Å². The smallest absolute Gasteiger partial charge is 0.243 e. The number of fused-ring (bicyclic) bond motifs is 1. The lowest BCUT2D eigenvalue weighted by atomic mass is 10.1. The van der Waals surface area contributed by atoms with Gasteiger partial charge in [0.25, 0.3) is 0 Å². The number of nitrogens with zero attached hydrogens (tertiary/aromatic N) is 2. The first-order chi connectivity index (χ1) is 14.9. The summed E-state index contributed by atoms with van der Waals surface area (Å²) in [6.07, 6.45) is 6.85. The van der Waals surface area contributed by atoms with Crippen LogP contribution in [0.25, 0.3) is 0 Å².